The van der Waals surface area contributed by atoms with Gasteiger partial charge in [-0.1, -0.05) is 36.6 Å². The minimum absolute atomic E-state index is 0.0904. The lowest BCUT2D eigenvalue weighted by Crippen LogP contribution is -2.52. The molecule has 0 saturated heterocycles. The molecule has 2 amide bonds. The number of nitrogens with one attached hydrogen (secondary N) is 1. The second kappa shape index (κ2) is 11.6. The van der Waals surface area contributed by atoms with Crippen LogP contribution in [0.1, 0.15) is 38.2 Å². The average molecular weight is 550 g/mol. The maximum atomic E-state index is 13.7. The van der Waals surface area contributed by atoms with Gasteiger partial charge in [0.15, 0.2) is 11.5 Å². The highest BCUT2D eigenvalue weighted by Crippen LogP contribution is 2.34. The van der Waals surface area contributed by atoms with Gasteiger partial charge in [-0.05, 0) is 49.6 Å². The SMILES string of the molecule is C[C@@H](C(=O)NC1CCCC1)N(Cc1ccc(Cl)cc1)C(=O)CN(c1ccc2c(c1)OCCO2)S(C)(=O)=O. The molecule has 9 nitrogen and oxygen atoms in total. The molecule has 2 aliphatic rings. The molecule has 0 radical (unpaired) electrons. The van der Waals surface area contributed by atoms with Gasteiger partial charge >= 0.3 is 0 Å². The molecule has 1 N–H and O–H groups in total. The number of amides is 2. The van der Waals surface area contributed by atoms with Crippen LogP contribution < -0.4 is 19.1 Å². The number of ether oxygens (including phenoxy) is 2. The number of sulfonamides is 1. The number of benzene rings is 2. The number of carbonyl (C=O) groups excluding carboxylic acids is 2. The van der Waals surface area contributed by atoms with Gasteiger partial charge in [-0.25, -0.2) is 8.42 Å². The lowest BCUT2D eigenvalue weighted by atomic mass is 10.1. The van der Waals surface area contributed by atoms with E-state index in [1.54, 1.807) is 49.4 Å². The van der Waals surface area contributed by atoms with Crippen LogP contribution in [0.25, 0.3) is 0 Å². The number of halogens is 1. The Labute approximate surface area is 222 Å². The van der Waals surface area contributed by atoms with Gasteiger partial charge in [-0.2, -0.15) is 0 Å². The van der Waals surface area contributed by atoms with Crippen molar-refractivity contribution >= 4 is 39.1 Å². The minimum Gasteiger partial charge on any atom is -0.486 e. The quantitative estimate of drug-likeness (QED) is 0.514. The molecule has 1 heterocycles. The van der Waals surface area contributed by atoms with Crippen LogP contribution in [0, 0.1) is 0 Å². The van der Waals surface area contributed by atoms with Crippen molar-refractivity contribution in [2.45, 2.75) is 51.2 Å². The van der Waals surface area contributed by atoms with Crippen molar-refractivity contribution in [3.63, 3.8) is 0 Å². The Kier molecular flexibility index (Phi) is 8.49. The zero-order valence-corrected chi connectivity index (χ0v) is 22.6. The Hall–Kier alpha value is -2.98. The van der Waals surface area contributed by atoms with Gasteiger partial charge in [-0.15, -0.1) is 0 Å². The van der Waals surface area contributed by atoms with Crippen LogP contribution in [0.4, 0.5) is 5.69 Å². The van der Waals surface area contributed by atoms with Gasteiger partial charge in [0.2, 0.25) is 21.8 Å². The Morgan fingerprint density at radius 1 is 1.05 bits per heavy atom. The summed E-state index contributed by atoms with van der Waals surface area (Å²) in [6, 6.07) is 11.0. The topological polar surface area (TPSA) is 105 Å². The fraction of sp³-hybridized carbons (Fsp3) is 0.462. The number of hydrogen-bond acceptors (Lipinski definition) is 6. The fourth-order valence-corrected chi connectivity index (χ4v) is 5.53. The summed E-state index contributed by atoms with van der Waals surface area (Å²) in [6.07, 6.45) is 4.99. The predicted octanol–water partition coefficient (Wildman–Crippen LogP) is 3.35. The number of anilines is 1. The van der Waals surface area contributed by atoms with E-state index in [1.165, 1.54) is 4.90 Å². The van der Waals surface area contributed by atoms with Gasteiger partial charge in [0.05, 0.1) is 11.9 Å². The van der Waals surface area contributed by atoms with Crippen molar-refractivity contribution < 1.29 is 27.5 Å². The van der Waals surface area contributed by atoms with E-state index in [0.717, 1.165) is 41.8 Å². The summed E-state index contributed by atoms with van der Waals surface area (Å²) in [5, 5.41) is 3.59. The van der Waals surface area contributed by atoms with Gasteiger partial charge in [0.25, 0.3) is 0 Å². The van der Waals surface area contributed by atoms with Gasteiger partial charge in [-0.3, -0.25) is 13.9 Å². The normalized spacial score (nSPS) is 16.2. The summed E-state index contributed by atoms with van der Waals surface area (Å²) < 4.78 is 37.7. The Morgan fingerprint density at radius 3 is 2.35 bits per heavy atom. The third-order valence-electron chi connectivity index (χ3n) is 6.63. The minimum atomic E-state index is -3.84. The molecule has 0 bridgehead atoms. The zero-order chi connectivity index (χ0) is 26.6. The number of fused-ring (bicyclic) bond motifs is 1. The highest BCUT2D eigenvalue weighted by Gasteiger charge is 2.31. The van der Waals surface area contributed by atoms with E-state index in [9.17, 15) is 18.0 Å². The van der Waals surface area contributed by atoms with Crippen LogP contribution in [0.5, 0.6) is 11.5 Å². The summed E-state index contributed by atoms with van der Waals surface area (Å²) in [6.45, 7) is 2.05. The van der Waals surface area contributed by atoms with Gasteiger partial charge in [0, 0.05) is 23.7 Å². The first-order valence-corrected chi connectivity index (χ1v) is 14.6. The van der Waals surface area contributed by atoms with Gasteiger partial charge < -0.3 is 19.7 Å². The zero-order valence-electron chi connectivity index (χ0n) is 21.0. The first-order valence-electron chi connectivity index (χ1n) is 12.3. The standard InChI is InChI=1S/C26H32ClN3O6S/c1-18(26(32)28-21-5-3-4-6-21)29(16-19-7-9-20(27)10-8-19)25(31)17-30(37(2,33)34)22-11-12-23-24(15-22)36-14-13-35-23/h7-12,15,18,21H,3-6,13-14,16-17H2,1-2H3,(H,28,32)/t18-/m0/s1. The first kappa shape index (κ1) is 27.1. The molecule has 0 spiro atoms. The third-order valence-corrected chi connectivity index (χ3v) is 8.02. The Balaban J connectivity index is 1.59. The van der Waals surface area contributed by atoms with E-state index >= 15 is 0 Å². The van der Waals surface area contributed by atoms with Crippen molar-refractivity contribution in [2.75, 3.05) is 30.3 Å². The van der Waals surface area contributed by atoms with Crippen LogP contribution in [0.3, 0.4) is 0 Å². The lowest BCUT2D eigenvalue weighted by molar-refractivity contribution is -0.139. The van der Waals surface area contributed by atoms with Crippen LogP contribution in [0.2, 0.25) is 5.02 Å². The van der Waals surface area contributed by atoms with Crippen molar-refractivity contribution in [1.82, 2.24) is 10.2 Å². The van der Waals surface area contributed by atoms with Gasteiger partial charge in [0.1, 0.15) is 25.8 Å². The first-order chi connectivity index (χ1) is 17.6. The summed E-state index contributed by atoms with van der Waals surface area (Å²) in [5.74, 6) is 0.146. The molecular formula is C26H32ClN3O6S. The molecule has 2 aromatic carbocycles. The van der Waals surface area contributed by atoms with Crippen LogP contribution in [0.15, 0.2) is 42.5 Å². The average Bonchev–Trinajstić information content (AvgIpc) is 3.38. The number of carbonyl (C=O) groups is 2. The van der Waals surface area contributed by atoms with Crippen molar-refractivity contribution in [3.05, 3.63) is 53.1 Å². The maximum Gasteiger partial charge on any atom is 0.244 e. The molecule has 1 aliphatic carbocycles. The molecular weight excluding hydrogens is 518 g/mol. The van der Waals surface area contributed by atoms with Crippen LogP contribution in [-0.2, 0) is 26.2 Å². The largest absolute Gasteiger partial charge is 0.486 e. The molecule has 4 rings (SSSR count). The molecule has 0 unspecified atom stereocenters. The number of hydrogen-bond donors (Lipinski definition) is 1. The fourth-order valence-electron chi connectivity index (χ4n) is 4.56. The summed E-state index contributed by atoms with van der Waals surface area (Å²) in [4.78, 5) is 28.2. The molecule has 1 fully saturated rings. The van der Waals surface area contributed by atoms with E-state index in [2.05, 4.69) is 5.32 Å². The van der Waals surface area contributed by atoms with E-state index in [1.807, 2.05) is 0 Å². The second-order valence-corrected chi connectivity index (χ2v) is 11.8. The maximum absolute atomic E-state index is 13.7. The van der Waals surface area contributed by atoms with E-state index in [4.69, 9.17) is 21.1 Å². The van der Waals surface area contributed by atoms with E-state index in [0.29, 0.717) is 29.7 Å². The Bertz CT molecular complexity index is 1230. The molecule has 2 aromatic rings. The summed E-state index contributed by atoms with van der Waals surface area (Å²) in [5.41, 5.74) is 1.04. The number of rotatable bonds is 9. The third kappa shape index (κ3) is 6.87. The number of nitrogens with zero attached hydrogens (tertiary/aromatic N) is 2. The lowest BCUT2D eigenvalue weighted by Gasteiger charge is -2.32. The monoisotopic (exact) mass is 549 g/mol. The molecule has 11 heteroatoms. The second-order valence-electron chi connectivity index (χ2n) is 9.41. The van der Waals surface area contributed by atoms with Crippen molar-refractivity contribution in [1.29, 1.82) is 0 Å². The molecule has 1 atom stereocenters. The smallest absolute Gasteiger partial charge is 0.244 e. The highest BCUT2D eigenvalue weighted by atomic mass is 35.5. The highest BCUT2D eigenvalue weighted by molar-refractivity contribution is 7.92. The van der Waals surface area contributed by atoms with E-state index in [-0.39, 0.29) is 24.2 Å². The molecule has 200 valence electrons. The summed E-state index contributed by atoms with van der Waals surface area (Å²) in [7, 11) is -3.84. The molecule has 0 aromatic heterocycles. The van der Waals surface area contributed by atoms with E-state index < -0.39 is 28.5 Å². The molecule has 37 heavy (non-hydrogen) atoms. The van der Waals surface area contributed by atoms with Crippen molar-refractivity contribution in [2.24, 2.45) is 0 Å². The molecule has 1 aliphatic heterocycles. The molecule has 1 saturated carbocycles. The predicted molar refractivity (Wildman–Crippen MR) is 141 cm³/mol. The van der Waals surface area contributed by atoms with Crippen LogP contribution in [-0.4, -0.2) is 63.2 Å². The van der Waals surface area contributed by atoms with Crippen LogP contribution >= 0.6 is 11.6 Å². The summed E-state index contributed by atoms with van der Waals surface area (Å²) >= 11 is 6.02. The van der Waals surface area contributed by atoms with Crippen molar-refractivity contribution in [3.8, 4) is 11.5 Å². The Morgan fingerprint density at radius 2 is 1.70 bits per heavy atom.